The van der Waals surface area contributed by atoms with Crippen LogP contribution in [0.3, 0.4) is 0 Å². The molecule has 1 fully saturated rings. The fourth-order valence-electron chi connectivity index (χ4n) is 3.60. The highest BCUT2D eigenvalue weighted by Crippen LogP contribution is 2.25. The van der Waals surface area contributed by atoms with Gasteiger partial charge in [0.1, 0.15) is 5.82 Å². The van der Waals surface area contributed by atoms with E-state index in [-0.39, 0.29) is 17.7 Å². The zero-order chi connectivity index (χ0) is 19.9. The summed E-state index contributed by atoms with van der Waals surface area (Å²) in [4.78, 5) is 24.9. The molecule has 1 aliphatic rings. The van der Waals surface area contributed by atoms with Crippen LogP contribution in [0.2, 0.25) is 0 Å². The second-order valence-corrected chi connectivity index (χ2v) is 7.49. The monoisotopic (exact) mass is 401 g/mol. The fourth-order valence-corrected chi connectivity index (χ4v) is 3.88. The molecule has 0 bridgehead atoms. The van der Waals surface area contributed by atoms with Crippen LogP contribution in [0.5, 0.6) is 0 Å². The Morgan fingerprint density at radius 1 is 1.29 bits per heavy atom. The minimum Gasteiger partial charge on any atom is -0.352 e. The number of nitrogens with zero attached hydrogens (tertiary/aromatic N) is 2. The van der Waals surface area contributed by atoms with Gasteiger partial charge in [-0.3, -0.25) is 14.7 Å². The number of benzene rings is 1. The minimum absolute atomic E-state index is 0.0552. The molecule has 1 aromatic heterocycles. The summed E-state index contributed by atoms with van der Waals surface area (Å²) in [7, 11) is 0. The van der Waals surface area contributed by atoms with Crippen LogP contribution in [0.15, 0.2) is 24.3 Å². The quantitative estimate of drug-likeness (QED) is 0.620. The minimum atomic E-state index is -0.175. The van der Waals surface area contributed by atoms with Crippen molar-refractivity contribution in [3.05, 3.63) is 40.4 Å². The third-order valence-electron chi connectivity index (χ3n) is 5.16. The maximum atomic E-state index is 12.5. The van der Waals surface area contributed by atoms with E-state index in [0.717, 1.165) is 38.1 Å². The lowest BCUT2D eigenvalue weighted by Crippen LogP contribution is -2.27. The van der Waals surface area contributed by atoms with E-state index < -0.39 is 0 Å². The number of aromatic amines is 1. The smallest absolute Gasteiger partial charge is 0.251 e. The van der Waals surface area contributed by atoms with Gasteiger partial charge < -0.3 is 15.2 Å². The van der Waals surface area contributed by atoms with Crippen LogP contribution in [0, 0.1) is 10.7 Å². The van der Waals surface area contributed by atoms with Crippen molar-refractivity contribution in [1.29, 1.82) is 0 Å². The van der Waals surface area contributed by atoms with E-state index in [9.17, 15) is 9.59 Å². The molecule has 150 valence electrons. The standard InChI is InChI=1S/C20H27N5O2S/c1-2-25-17(23-24-20(25)28)11-12-21-18(26)15-9-6-10-16(13-15)22-19(27)14-7-4-3-5-8-14/h6,9-10,13-14H,2-5,7-8,11-12H2,1H3,(H,21,26)(H,22,27)(H,24,28). The molecule has 3 rings (SSSR count). The highest BCUT2D eigenvalue weighted by molar-refractivity contribution is 7.71. The number of amides is 2. The van der Waals surface area contributed by atoms with Crippen LogP contribution < -0.4 is 10.6 Å². The Morgan fingerprint density at radius 3 is 2.82 bits per heavy atom. The van der Waals surface area contributed by atoms with Crippen molar-refractivity contribution in [1.82, 2.24) is 20.1 Å². The first kappa shape index (κ1) is 20.3. The Hall–Kier alpha value is -2.48. The summed E-state index contributed by atoms with van der Waals surface area (Å²) in [5, 5.41) is 12.8. The first-order valence-corrected chi connectivity index (χ1v) is 10.3. The Balaban J connectivity index is 1.54. The summed E-state index contributed by atoms with van der Waals surface area (Å²) in [6.45, 7) is 3.19. The van der Waals surface area contributed by atoms with Crippen LogP contribution in [-0.2, 0) is 17.8 Å². The van der Waals surface area contributed by atoms with Crippen molar-refractivity contribution in [3.63, 3.8) is 0 Å². The van der Waals surface area contributed by atoms with Crippen LogP contribution in [0.25, 0.3) is 0 Å². The van der Waals surface area contributed by atoms with Gasteiger partial charge in [0.15, 0.2) is 4.77 Å². The van der Waals surface area contributed by atoms with Crippen LogP contribution >= 0.6 is 12.2 Å². The molecule has 0 radical (unpaired) electrons. The van der Waals surface area contributed by atoms with Crippen molar-refractivity contribution < 1.29 is 9.59 Å². The number of hydrogen-bond acceptors (Lipinski definition) is 4. The third kappa shape index (κ3) is 5.07. The average molecular weight is 402 g/mol. The molecule has 0 atom stereocenters. The molecular weight excluding hydrogens is 374 g/mol. The predicted octanol–water partition coefficient (Wildman–Crippen LogP) is 3.45. The molecule has 7 nitrogen and oxygen atoms in total. The topological polar surface area (TPSA) is 91.8 Å². The summed E-state index contributed by atoms with van der Waals surface area (Å²) in [5.41, 5.74) is 1.19. The van der Waals surface area contributed by atoms with E-state index in [4.69, 9.17) is 12.2 Å². The fraction of sp³-hybridized carbons (Fsp3) is 0.500. The maximum absolute atomic E-state index is 12.5. The number of hydrogen-bond donors (Lipinski definition) is 3. The Bertz CT molecular complexity index is 883. The number of aromatic nitrogens is 3. The molecule has 1 aliphatic carbocycles. The Morgan fingerprint density at radius 2 is 2.07 bits per heavy atom. The number of rotatable bonds is 7. The molecule has 0 spiro atoms. The molecule has 8 heteroatoms. The van der Waals surface area contributed by atoms with Crippen molar-refractivity contribution in [3.8, 4) is 0 Å². The van der Waals surface area contributed by atoms with Crippen molar-refractivity contribution >= 4 is 29.7 Å². The second kappa shape index (κ2) is 9.64. The second-order valence-electron chi connectivity index (χ2n) is 7.10. The largest absolute Gasteiger partial charge is 0.352 e. The third-order valence-corrected chi connectivity index (χ3v) is 5.47. The molecule has 28 heavy (non-hydrogen) atoms. The van der Waals surface area contributed by atoms with E-state index in [2.05, 4.69) is 20.8 Å². The number of carbonyl (C=O) groups excluding carboxylic acids is 2. The summed E-state index contributed by atoms with van der Waals surface area (Å²) >= 11 is 5.17. The van der Waals surface area contributed by atoms with Gasteiger partial charge in [0.2, 0.25) is 5.91 Å². The lowest BCUT2D eigenvalue weighted by atomic mass is 9.88. The average Bonchev–Trinajstić information content (AvgIpc) is 3.08. The number of carbonyl (C=O) groups is 2. The SMILES string of the molecule is CCn1c(CCNC(=O)c2cccc(NC(=O)C3CCCCC3)c2)n[nH]c1=S. The van der Waals surface area contributed by atoms with E-state index >= 15 is 0 Å². The lowest BCUT2D eigenvalue weighted by molar-refractivity contribution is -0.120. The van der Waals surface area contributed by atoms with E-state index in [1.165, 1.54) is 6.42 Å². The van der Waals surface area contributed by atoms with Crippen LogP contribution in [-0.4, -0.2) is 33.1 Å². The molecule has 1 heterocycles. The molecule has 3 N–H and O–H groups in total. The van der Waals surface area contributed by atoms with Crippen molar-refractivity contribution in [2.24, 2.45) is 5.92 Å². The molecule has 0 aliphatic heterocycles. The van der Waals surface area contributed by atoms with Gasteiger partial charge in [0.05, 0.1) is 0 Å². The summed E-state index contributed by atoms with van der Waals surface area (Å²) < 4.78 is 2.49. The first-order chi connectivity index (χ1) is 13.6. The highest BCUT2D eigenvalue weighted by atomic mass is 32.1. The maximum Gasteiger partial charge on any atom is 0.251 e. The van der Waals surface area contributed by atoms with Crippen molar-refractivity contribution in [2.45, 2.75) is 52.0 Å². The van der Waals surface area contributed by atoms with Gasteiger partial charge in [0, 0.05) is 36.7 Å². The predicted molar refractivity (Wildman–Crippen MR) is 111 cm³/mol. The van der Waals surface area contributed by atoms with Gasteiger partial charge in [-0.1, -0.05) is 25.3 Å². The number of nitrogens with one attached hydrogen (secondary N) is 3. The molecule has 0 saturated heterocycles. The molecular formula is C20H27N5O2S. The van der Waals surface area contributed by atoms with Gasteiger partial charge >= 0.3 is 0 Å². The molecule has 1 saturated carbocycles. The summed E-state index contributed by atoms with van der Waals surface area (Å²) in [6.07, 6.45) is 5.92. The number of H-pyrrole nitrogens is 1. The van der Waals surface area contributed by atoms with Crippen molar-refractivity contribution in [2.75, 3.05) is 11.9 Å². The van der Waals surface area contributed by atoms with Crippen LogP contribution in [0.4, 0.5) is 5.69 Å². The van der Waals surface area contributed by atoms with E-state index in [1.54, 1.807) is 18.2 Å². The van der Waals surface area contributed by atoms with Gasteiger partial charge in [-0.15, -0.1) is 0 Å². The van der Waals surface area contributed by atoms with Crippen LogP contribution in [0.1, 0.15) is 55.2 Å². The zero-order valence-electron chi connectivity index (χ0n) is 16.2. The first-order valence-electron chi connectivity index (χ1n) is 9.91. The lowest BCUT2D eigenvalue weighted by Gasteiger charge is -2.20. The zero-order valence-corrected chi connectivity index (χ0v) is 17.0. The summed E-state index contributed by atoms with van der Waals surface area (Å²) in [5.74, 6) is 0.784. The van der Waals surface area contributed by atoms with Gasteiger partial charge in [-0.05, 0) is 50.2 Å². The summed E-state index contributed by atoms with van der Waals surface area (Å²) in [6, 6.07) is 7.07. The van der Waals surface area contributed by atoms with Gasteiger partial charge in [-0.2, -0.15) is 5.10 Å². The molecule has 2 amide bonds. The Labute approximate surface area is 169 Å². The van der Waals surface area contributed by atoms with E-state index in [0.29, 0.717) is 29.0 Å². The molecule has 2 aromatic rings. The Kier molecular flexibility index (Phi) is 6.97. The molecule has 0 unspecified atom stereocenters. The normalized spacial score (nSPS) is 14.6. The van der Waals surface area contributed by atoms with Gasteiger partial charge in [-0.25, -0.2) is 0 Å². The van der Waals surface area contributed by atoms with Gasteiger partial charge in [0.25, 0.3) is 5.91 Å². The van der Waals surface area contributed by atoms with E-state index in [1.807, 2.05) is 17.6 Å². The highest BCUT2D eigenvalue weighted by Gasteiger charge is 2.21. The molecule has 1 aromatic carbocycles. The number of anilines is 1.